The Labute approximate surface area is 220 Å². The van der Waals surface area contributed by atoms with Gasteiger partial charge in [0.1, 0.15) is 17.8 Å². The Hall–Kier alpha value is -3.59. The molecule has 0 radical (unpaired) electrons. The quantitative estimate of drug-likeness (QED) is 0.318. The lowest BCUT2D eigenvalue weighted by Crippen LogP contribution is -2.46. The molecule has 0 atom stereocenters. The van der Waals surface area contributed by atoms with E-state index in [2.05, 4.69) is 15.1 Å². The number of nitrogens with zero attached hydrogens (tertiary/aromatic N) is 6. The Bertz CT molecular complexity index is 1570. The van der Waals surface area contributed by atoms with Gasteiger partial charge in [-0.2, -0.15) is 26.7 Å². The molecule has 0 spiro atoms. The second-order valence-electron chi connectivity index (χ2n) is 9.07. The molecule has 2 aliphatic heterocycles. The van der Waals surface area contributed by atoms with E-state index in [-0.39, 0.29) is 35.2 Å². The summed E-state index contributed by atoms with van der Waals surface area (Å²) in [6.07, 6.45) is 3.88. The fourth-order valence-corrected chi connectivity index (χ4v) is 5.29. The monoisotopic (exact) mass is 568 g/mol. The Morgan fingerprint density at radius 2 is 1.97 bits per heavy atom. The highest BCUT2D eigenvalue weighted by Gasteiger charge is 2.50. The molecule has 0 fully saturated rings. The SMILES string of the molecule is CCc1nc2nc3c(cn2c1C(=O)CCc1ccc(N2CCN(S(=O)(=O)C(F)(F)F)C=N2)c(F)c1)COCC3. The second kappa shape index (κ2) is 10.2. The van der Waals surface area contributed by atoms with Crippen LogP contribution in [0.3, 0.4) is 0 Å². The van der Waals surface area contributed by atoms with E-state index in [1.54, 1.807) is 10.5 Å². The first-order chi connectivity index (χ1) is 18.5. The van der Waals surface area contributed by atoms with E-state index in [1.165, 1.54) is 12.1 Å². The number of hydrazone groups is 1. The van der Waals surface area contributed by atoms with Crippen LogP contribution in [0.1, 0.15) is 46.3 Å². The molecule has 0 amide bonds. The lowest BCUT2D eigenvalue weighted by atomic mass is 10.0. The maximum atomic E-state index is 14.9. The van der Waals surface area contributed by atoms with Crippen LogP contribution >= 0.6 is 0 Å². The molecular weight excluding hydrogens is 544 g/mol. The maximum absolute atomic E-state index is 14.9. The lowest BCUT2D eigenvalue weighted by Gasteiger charge is -2.29. The number of anilines is 1. The first kappa shape index (κ1) is 27.0. The molecule has 0 aliphatic carbocycles. The molecule has 3 aromatic rings. The molecule has 5 rings (SSSR count). The molecule has 15 heteroatoms. The maximum Gasteiger partial charge on any atom is 0.516 e. The van der Waals surface area contributed by atoms with Crippen LogP contribution in [-0.4, -0.2) is 64.4 Å². The van der Waals surface area contributed by atoms with Gasteiger partial charge in [0.2, 0.25) is 5.78 Å². The summed E-state index contributed by atoms with van der Waals surface area (Å²) >= 11 is 0. The highest BCUT2D eigenvalue weighted by atomic mass is 32.2. The Morgan fingerprint density at radius 1 is 1.18 bits per heavy atom. The number of imidazole rings is 1. The fourth-order valence-electron chi connectivity index (χ4n) is 4.54. The van der Waals surface area contributed by atoms with Crippen LogP contribution in [0.5, 0.6) is 0 Å². The molecule has 208 valence electrons. The number of fused-ring (bicyclic) bond motifs is 2. The summed E-state index contributed by atoms with van der Waals surface area (Å²) < 4.78 is 83.5. The number of halogens is 4. The van der Waals surface area contributed by atoms with E-state index < -0.39 is 27.9 Å². The van der Waals surface area contributed by atoms with E-state index in [0.29, 0.717) is 55.1 Å². The van der Waals surface area contributed by atoms with Gasteiger partial charge in [-0.15, -0.1) is 0 Å². The van der Waals surface area contributed by atoms with E-state index in [4.69, 9.17) is 4.74 Å². The van der Waals surface area contributed by atoms with Crippen LogP contribution < -0.4 is 5.01 Å². The molecule has 0 unspecified atom stereocenters. The number of rotatable bonds is 7. The zero-order chi connectivity index (χ0) is 27.9. The van der Waals surface area contributed by atoms with Crippen molar-refractivity contribution in [2.24, 2.45) is 5.10 Å². The number of sulfonamides is 1. The summed E-state index contributed by atoms with van der Waals surface area (Å²) in [5.74, 6) is -0.423. The number of ether oxygens (including phenoxy) is 1. The molecule has 0 saturated heterocycles. The Morgan fingerprint density at radius 3 is 2.64 bits per heavy atom. The third-order valence-electron chi connectivity index (χ3n) is 6.58. The topological polar surface area (TPSA) is 109 Å². The molecule has 4 heterocycles. The highest BCUT2D eigenvalue weighted by molar-refractivity contribution is 7.90. The molecule has 1 aromatic carbocycles. The zero-order valence-corrected chi connectivity index (χ0v) is 21.6. The third-order valence-corrected chi connectivity index (χ3v) is 8.06. The number of ketones is 1. The molecule has 0 saturated carbocycles. The summed E-state index contributed by atoms with van der Waals surface area (Å²) in [4.78, 5) is 22.4. The van der Waals surface area contributed by atoms with Crippen molar-refractivity contribution < 1.29 is 35.5 Å². The van der Waals surface area contributed by atoms with Crippen molar-refractivity contribution in [3.8, 4) is 0 Å². The van der Waals surface area contributed by atoms with Gasteiger partial charge in [-0.05, 0) is 30.5 Å². The number of aromatic nitrogens is 3. The van der Waals surface area contributed by atoms with E-state index >= 15 is 0 Å². The fraction of sp³-hybridized carbons (Fsp3) is 0.417. The number of Topliss-reactive ketones (excluding diaryl/α,β-unsaturated/α-hetero) is 1. The Kier molecular flexibility index (Phi) is 7.05. The smallest absolute Gasteiger partial charge is 0.376 e. The minimum Gasteiger partial charge on any atom is -0.376 e. The first-order valence-corrected chi connectivity index (χ1v) is 13.6. The van der Waals surface area contributed by atoms with Gasteiger partial charge >= 0.3 is 15.5 Å². The van der Waals surface area contributed by atoms with Gasteiger partial charge in [0.15, 0.2) is 5.78 Å². The summed E-state index contributed by atoms with van der Waals surface area (Å²) in [6, 6.07) is 4.20. The van der Waals surface area contributed by atoms with Crippen LogP contribution in [0.15, 0.2) is 29.5 Å². The van der Waals surface area contributed by atoms with Crippen LogP contribution in [0, 0.1) is 5.82 Å². The molecule has 10 nitrogen and oxygen atoms in total. The summed E-state index contributed by atoms with van der Waals surface area (Å²) in [5.41, 5.74) is -2.09. The van der Waals surface area contributed by atoms with E-state index in [0.717, 1.165) is 16.3 Å². The first-order valence-electron chi connectivity index (χ1n) is 12.2. The normalized spacial score (nSPS) is 16.1. The minimum absolute atomic E-state index is 0.0292. The van der Waals surface area contributed by atoms with Gasteiger partial charge < -0.3 is 4.74 Å². The number of hydrogen-bond acceptors (Lipinski definition) is 8. The van der Waals surface area contributed by atoms with Crippen LogP contribution in [0.25, 0.3) is 5.78 Å². The predicted molar refractivity (Wildman–Crippen MR) is 132 cm³/mol. The summed E-state index contributed by atoms with van der Waals surface area (Å²) in [6.45, 7) is 2.06. The van der Waals surface area contributed by atoms with Crippen molar-refractivity contribution in [2.45, 2.75) is 44.7 Å². The van der Waals surface area contributed by atoms with E-state index in [9.17, 15) is 30.8 Å². The number of benzene rings is 1. The molecule has 39 heavy (non-hydrogen) atoms. The van der Waals surface area contributed by atoms with Gasteiger partial charge in [-0.3, -0.25) is 14.2 Å². The number of hydrogen-bond donors (Lipinski definition) is 0. The Balaban J connectivity index is 1.29. The standard InChI is InChI=1S/C24H24F4N6O4S/c1-2-18-22(33-12-16-13-38-10-7-19(16)31-23(33)30-18)21(35)6-4-15-3-5-20(17(25)11-15)34-9-8-32(14-29-34)39(36,37)24(26,27)28/h3,5,11-12,14H,2,4,6-10,13H2,1H3. The van der Waals surface area contributed by atoms with Crippen molar-refractivity contribution >= 4 is 33.6 Å². The average Bonchev–Trinajstić information content (AvgIpc) is 3.27. The summed E-state index contributed by atoms with van der Waals surface area (Å²) in [7, 11) is -5.56. The predicted octanol–water partition coefficient (Wildman–Crippen LogP) is 3.23. The lowest BCUT2D eigenvalue weighted by molar-refractivity contribution is -0.0471. The molecule has 0 bridgehead atoms. The molecule has 2 aromatic heterocycles. The largest absolute Gasteiger partial charge is 0.516 e. The summed E-state index contributed by atoms with van der Waals surface area (Å²) in [5, 5.41) is 4.75. The average molecular weight is 569 g/mol. The molecular formula is C24H24F4N6O4S. The van der Waals surface area contributed by atoms with Gasteiger partial charge in [0.25, 0.3) is 0 Å². The van der Waals surface area contributed by atoms with Crippen molar-refractivity contribution in [1.29, 1.82) is 0 Å². The number of carbonyl (C=O) groups is 1. The van der Waals surface area contributed by atoms with Crippen LogP contribution in [0.2, 0.25) is 0 Å². The van der Waals surface area contributed by atoms with Crippen molar-refractivity contribution in [1.82, 2.24) is 18.7 Å². The van der Waals surface area contributed by atoms with Gasteiger partial charge in [-0.1, -0.05) is 13.0 Å². The van der Waals surface area contributed by atoms with Crippen molar-refractivity contribution in [3.63, 3.8) is 0 Å². The van der Waals surface area contributed by atoms with Gasteiger partial charge in [0.05, 0.1) is 43.4 Å². The van der Waals surface area contributed by atoms with E-state index in [1.807, 2.05) is 13.1 Å². The highest BCUT2D eigenvalue weighted by Crippen LogP contribution is 2.29. The molecule has 0 N–H and O–H groups in total. The van der Waals surface area contributed by atoms with Gasteiger partial charge in [0, 0.05) is 24.6 Å². The minimum atomic E-state index is -5.56. The van der Waals surface area contributed by atoms with Crippen molar-refractivity contribution in [3.05, 3.63) is 58.4 Å². The number of carbonyl (C=O) groups excluding carboxylic acids is 1. The van der Waals surface area contributed by atoms with Crippen LogP contribution in [0.4, 0.5) is 23.2 Å². The molecule has 2 aliphatic rings. The van der Waals surface area contributed by atoms with Gasteiger partial charge in [-0.25, -0.2) is 18.7 Å². The number of aryl methyl sites for hydroxylation is 2. The van der Waals surface area contributed by atoms with Crippen molar-refractivity contribution in [2.75, 3.05) is 24.7 Å². The van der Waals surface area contributed by atoms with Crippen LogP contribution in [-0.2, 0) is 40.6 Å². The zero-order valence-electron chi connectivity index (χ0n) is 20.8. The third kappa shape index (κ3) is 5.07. The number of alkyl halides is 3. The second-order valence-corrected chi connectivity index (χ2v) is 11.0.